The van der Waals surface area contributed by atoms with E-state index in [9.17, 15) is 9.59 Å². The summed E-state index contributed by atoms with van der Waals surface area (Å²) in [6.45, 7) is 10.5. The maximum atomic E-state index is 12.9. The van der Waals surface area contributed by atoms with Crippen LogP contribution in [0.3, 0.4) is 0 Å². The molecule has 0 bridgehead atoms. The van der Waals surface area contributed by atoms with Crippen molar-refractivity contribution in [2.45, 2.75) is 20.8 Å². The Balaban J connectivity index is 1.59. The molecule has 1 aliphatic heterocycles. The minimum atomic E-state index is 0.0254. The van der Waals surface area contributed by atoms with E-state index < -0.39 is 0 Å². The van der Waals surface area contributed by atoms with Gasteiger partial charge in [0.25, 0.3) is 5.91 Å². The van der Waals surface area contributed by atoms with E-state index in [0.29, 0.717) is 25.2 Å². The molecule has 28 heavy (non-hydrogen) atoms. The lowest BCUT2D eigenvalue weighted by Crippen LogP contribution is -2.51. The quantitative estimate of drug-likeness (QED) is 0.748. The molecule has 150 valence electrons. The first-order valence-corrected chi connectivity index (χ1v) is 10.7. The first kappa shape index (κ1) is 20.5. The number of rotatable bonds is 6. The predicted octanol–water partition coefficient (Wildman–Crippen LogP) is 2.74. The SMILES string of the molecule is CCN(CC)C(=O)CN1CCN(C(=O)c2ccc(-c3cccs3)nc2C)CC1. The molecule has 0 N–H and O–H groups in total. The number of hydrogen-bond acceptors (Lipinski definition) is 5. The van der Waals surface area contributed by atoms with Crippen LogP contribution < -0.4 is 0 Å². The Labute approximate surface area is 170 Å². The van der Waals surface area contributed by atoms with Crippen LogP contribution >= 0.6 is 11.3 Å². The van der Waals surface area contributed by atoms with E-state index >= 15 is 0 Å². The highest BCUT2D eigenvalue weighted by molar-refractivity contribution is 7.13. The normalized spacial score (nSPS) is 14.9. The number of piperazine rings is 1. The van der Waals surface area contributed by atoms with Crippen molar-refractivity contribution in [3.8, 4) is 10.6 Å². The largest absolute Gasteiger partial charge is 0.342 e. The highest BCUT2D eigenvalue weighted by Crippen LogP contribution is 2.24. The van der Waals surface area contributed by atoms with Crippen molar-refractivity contribution < 1.29 is 9.59 Å². The number of hydrogen-bond donors (Lipinski definition) is 0. The first-order chi connectivity index (χ1) is 13.5. The molecule has 0 saturated carbocycles. The van der Waals surface area contributed by atoms with Crippen molar-refractivity contribution >= 4 is 23.2 Å². The minimum Gasteiger partial charge on any atom is -0.342 e. The average Bonchev–Trinajstić information content (AvgIpc) is 3.24. The number of likely N-dealkylation sites (N-methyl/N-ethyl adjacent to an activating group) is 1. The van der Waals surface area contributed by atoms with E-state index in [1.165, 1.54) is 0 Å². The summed E-state index contributed by atoms with van der Waals surface area (Å²) in [7, 11) is 0. The van der Waals surface area contributed by atoms with Gasteiger partial charge in [0.15, 0.2) is 0 Å². The molecule has 3 rings (SSSR count). The van der Waals surface area contributed by atoms with Crippen LogP contribution in [0.15, 0.2) is 29.6 Å². The molecule has 2 amide bonds. The van der Waals surface area contributed by atoms with Gasteiger partial charge in [-0.1, -0.05) is 6.07 Å². The Kier molecular flexibility index (Phi) is 6.80. The van der Waals surface area contributed by atoms with Crippen LogP contribution in [0.4, 0.5) is 0 Å². The first-order valence-electron chi connectivity index (χ1n) is 9.84. The number of carbonyl (C=O) groups excluding carboxylic acids is 2. The smallest absolute Gasteiger partial charge is 0.255 e. The average molecular weight is 401 g/mol. The zero-order valence-electron chi connectivity index (χ0n) is 16.9. The summed E-state index contributed by atoms with van der Waals surface area (Å²) >= 11 is 1.64. The Bertz CT molecular complexity index is 810. The third-order valence-electron chi connectivity index (χ3n) is 5.22. The van der Waals surface area contributed by atoms with E-state index in [-0.39, 0.29) is 11.8 Å². The van der Waals surface area contributed by atoms with E-state index in [1.807, 2.05) is 60.2 Å². The maximum Gasteiger partial charge on any atom is 0.255 e. The predicted molar refractivity (Wildman–Crippen MR) is 113 cm³/mol. The van der Waals surface area contributed by atoms with E-state index in [1.54, 1.807) is 11.3 Å². The summed E-state index contributed by atoms with van der Waals surface area (Å²) in [4.78, 5) is 36.8. The van der Waals surface area contributed by atoms with Gasteiger partial charge in [-0.3, -0.25) is 19.5 Å². The lowest BCUT2D eigenvalue weighted by molar-refractivity contribution is -0.132. The second kappa shape index (κ2) is 9.30. The van der Waals surface area contributed by atoms with Crippen LogP contribution in [0.25, 0.3) is 10.6 Å². The molecule has 2 aromatic rings. The van der Waals surface area contributed by atoms with Gasteiger partial charge in [-0.25, -0.2) is 0 Å². The lowest BCUT2D eigenvalue weighted by Gasteiger charge is -2.35. The van der Waals surface area contributed by atoms with Crippen LogP contribution in [0, 0.1) is 6.92 Å². The van der Waals surface area contributed by atoms with E-state index in [0.717, 1.165) is 42.4 Å². The summed E-state index contributed by atoms with van der Waals surface area (Å²) in [5.74, 6) is 0.187. The van der Waals surface area contributed by atoms with Crippen LogP contribution in [-0.4, -0.2) is 77.3 Å². The zero-order valence-corrected chi connectivity index (χ0v) is 17.7. The molecular weight excluding hydrogens is 372 g/mol. The summed E-state index contributed by atoms with van der Waals surface area (Å²) < 4.78 is 0. The topological polar surface area (TPSA) is 56.8 Å². The number of carbonyl (C=O) groups is 2. The van der Waals surface area contributed by atoms with E-state index in [4.69, 9.17) is 0 Å². The van der Waals surface area contributed by atoms with Gasteiger partial charge in [0.1, 0.15) is 0 Å². The second-order valence-electron chi connectivity index (χ2n) is 6.94. The fourth-order valence-electron chi connectivity index (χ4n) is 3.50. The standard InChI is InChI=1S/C21H28N4O2S/c1-4-24(5-2)20(26)15-23-10-12-25(13-11-23)21(27)17-8-9-18(22-16(17)3)19-7-6-14-28-19/h6-9,14H,4-5,10-13,15H2,1-3H3. The molecular formula is C21H28N4O2S. The highest BCUT2D eigenvalue weighted by atomic mass is 32.1. The van der Waals surface area contributed by atoms with Gasteiger partial charge < -0.3 is 9.80 Å². The van der Waals surface area contributed by atoms with Gasteiger partial charge in [-0.15, -0.1) is 11.3 Å². The molecule has 6 nitrogen and oxygen atoms in total. The van der Waals surface area contributed by atoms with Gasteiger partial charge in [0.2, 0.25) is 5.91 Å². The number of thiophene rings is 1. The Morgan fingerprint density at radius 1 is 1.11 bits per heavy atom. The molecule has 3 heterocycles. The summed E-state index contributed by atoms with van der Waals surface area (Å²) in [5.41, 5.74) is 2.33. The van der Waals surface area contributed by atoms with Crippen LogP contribution in [-0.2, 0) is 4.79 Å². The fourth-order valence-corrected chi connectivity index (χ4v) is 4.19. The highest BCUT2D eigenvalue weighted by Gasteiger charge is 2.25. The molecule has 0 unspecified atom stereocenters. The van der Waals surface area contributed by atoms with Gasteiger partial charge in [-0.05, 0) is 44.4 Å². The second-order valence-corrected chi connectivity index (χ2v) is 7.89. The third kappa shape index (κ3) is 4.59. The fraction of sp³-hybridized carbons (Fsp3) is 0.476. The third-order valence-corrected chi connectivity index (χ3v) is 6.12. The number of pyridine rings is 1. The molecule has 0 spiro atoms. The molecule has 1 saturated heterocycles. The Morgan fingerprint density at radius 2 is 1.82 bits per heavy atom. The van der Waals surface area contributed by atoms with E-state index in [2.05, 4.69) is 9.88 Å². The van der Waals surface area contributed by atoms with Gasteiger partial charge in [0, 0.05) is 39.3 Å². The van der Waals surface area contributed by atoms with Crippen molar-refractivity contribution in [2.24, 2.45) is 0 Å². The zero-order chi connectivity index (χ0) is 20.1. The van der Waals surface area contributed by atoms with Crippen molar-refractivity contribution in [1.82, 2.24) is 19.7 Å². The minimum absolute atomic E-state index is 0.0254. The Hall–Kier alpha value is -2.25. The van der Waals surface area contributed by atoms with Crippen molar-refractivity contribution in [1.29, 1.82) is 0 Å². The molecule has 1 fully saturated rings. The summed E-state index contributed by atoms with van der Waals surface area (Å²) in [6.07, 6.45) is 0. The van der Waals surface area contributed by atoms with Crippen LogP contribution in [0.2, 0.25) is 0 Å². The number of aromatic nitrogens is 1. The van der Waals surface area contributed by atoms with Gasteiger partial charge in [-0.2, -0.15) is 0 Å². The number of nitrogens with zero attached hydrogens (tertiary/aromatic N) is 4. The maximum absolute atomic E-state index is 12.9. The van der Waals surface area contributed by atoms with Gasteiger partial charge >= 0.3 is 0 Å². The van der Waals surface area contributed by atoms with Crippen molar-refractivity contribution in [2.75, 3.05) is 45.8 Å². The molecule has 0 radical (unpaired) electrons. The number of aryl methyl sites for hydroxylation is 1. The molecule has 2 aromatic heterocycles. The number of amides is 2. The molecule has 1 aliphatic rings. The molecule has 0 aromatic carbocycles. The molecule has 0 aliphatic carbocycles. The van der Waals surface area contributed by atoms with Crippen molar-refractivity contribution in [3.63, 3.8) is 0 Å². The molecule has 7 heteroatoms. The summed E-state index contributed by atoms with van der Waals surface area (Å²) in [5, 5.41) is 2.02. The van der Waals surface area contributed by atoms with Crippen LogP contribution in [0.1, 0.15) is 29.9 Å². The monoisotopic (exact) mass is 400 g/mol. The van der Waals surface area contributed by atoms with Crippen LogP contribution in [0.5, 0.6) is 0 Å². The van der Waals surface area contributed by atoms with Gasteiger partial charge in [0.05, 0.1) is 28.4 Å². The summed E-state index contributed by atoms with van der Waals surface area (Å²) in [6, 6.07) is 7.84. The lowest BCUT2D eigenvalue weighted by atomic mass is 10.1. The van der Waals surface area contributed by atoms with Crippen molar-refractivity contribution in [3.05, 3.63) is 40.9 Å². The Morgan fingerprint density at radius 3 is 2.39 bits per heavy atom. The molecule has 0 atom stereocenters.